The van der Waals surface area contributed by atoms with E-state index in [4.69, 9.17) is 5.11 Å². The Morgan fingerprint density at radius 1 is 1.21 bits per heavy atom. The van der Waals surface area contributed by atoms with E-state index < -0.39 is 6.10 Å². The molecule has 0 aromatic heterocycles. The van der Waals surface area contributed by atoms with E-state index in [9.17, 15) is 9.59 Å². The van der Waals surface area contributed by atoms with Gasteiger partial charge in [-0.05, 0) is 44.0 Å². The van der Waals surface area contributed by atoms with Crippen LogP contribution in [0.2, 0.25) is 0 Å². The predicted octanol–water partition coefficient (Wildman–Crippen LogP) is 0.689. The van der Waals surface area contributed by atoms with Gasteiger partial charge in [-0.15, -0.1) is 0 Å². The average Bonchev–Trinajstić information content (AvgIpc) is 3.20. The molecule has 1 atom stereocenters. The van der Waals surface area contributed by atoms with Crippen LogP contribution in [0.4, 0.5) is 0 Å². The quantitative estimate of drug-likeness (QED) is 0.730. The van der Waals surface area contributed by atoms with Gasteiger partial charge in [0.25, 0.3) is 11.8 Å². The highest BCUT2D eigenvalue weighted by molar-refractivity contribution is 5.98. The summed E-state index contributed by atoms with van der Waals surface area (Å²) in [4.78, 5) is 23.4. The molecule has 1 unspecified atom stereocenters. The molecule has 2 amide bonds. The van der Waals surface area contributed by atoms with Gasteiger partial charge in [-0.25, -0.2) is 0 Å². The van der Waals surface area contributed by atoms with Crippen molar-refractivity contribution in [3.05, 3.63) is 35.4 Å². The Balaban J connectivity index is 1.93. The summed E-state index contributed by atoms with van der Waals surface area (Å²) in [7, 11) is 0. The molecule has 2 rings (SSSR count). The maximum absolute atomic E-state index is 11.7. The van der Waals surface area contributed by atoms with Crippen LogP contribution in [0.15, 0.2) is 24.3 Å². The average molecular weight is 262 g/mol. The molecule has 0 spiro atoms. The molecule has 5 heteroatoms. The van der Waals surface area contributed by atoms with Crippen LogP contribution in [0.1, 0.15) is 40.5 Å². The molecule has 1 saturated carbocycles. The Hall–Kier alpha value is -1.88. The summed E-state index contributed by atoms with van der Waals surface area (Å²) < 4.78 is 0. The van der Waals surface area contributed by atoms with Crippen LogP contribution < -0.4 is 10.6 Å². The van der Waals surface area contributed by atoms with Crippen LogP contribution in [0.3, 0.4) is 0 Å². The van der Waals surface area contributed by atoms with Crippen LogP contribution >= 0.6 is 0 Å². The summed E-state index contributed by atoms with van der Waals surface area (Å²) in [6.45, 7) is 1.81. The monoisotopic (exact) mass is 262 g/mol. The minimum Gasteiger partial charge on any atom is -0.392 e. The Morgan fingerprint density at radius 3 is 2.21 bits per heavy atom. The second kappa shape index (κ2) is 5.84. The van der Waals surface area contributed by atoms with Gasteiger partial charge in [0.2, 0.25) is 0 Å². The first kappa shape index (κ1) is 13.5. The van der Waals surface area contributed by atoms with Crippen molar-refractivity contribution in [2.24, 2.45) is 0 Å². The Morgan fingerprint density at radius 2 is 1.74 bits per heavy atom. The summed E-state index contributed by atoms with van der Waals surface area (Å²) in [5, 5.41) is 14.6. The maximum atomic E-state index is 11.7. The van der Waals surface area contributed by atoms with Crippen LogP contribution in [-0.4, -0.2) is 35.6 Å². The number of amides is 2. The third-order valence-electron chi connectivity index (χ3n) is 2.88. The topological polar surface area (TPSA) is 78.4 Å². The highest BCUT2D eigenvalue weighted by atomic mass is 16.3. The number of nitrogens with one attached hydrogen (secondary N) is 2. The summed E-state index contributed by atoms with van der Waals surface area (Å²) in [6, 6.07) is 6.81. The minimum atomic E-state index is -0.576. The van der Waals surface area contributed by atoms with Gasteiger partial charge >= 0.3 is 0 Å². The summed E-state index contributed by atoms with van der Waals surface area (Å²) in [5.74, 6) is -0.353. The number of benzene rings is 1. The molecule has 5 nitrogen and oxygen atoms in total. The number of rotatable bonds is 5. The van der Waals surface area contributed by atoms with Gasteiger partial charge in [-0.3, -0.25) is 9.59 Å². The third-order valence-corrected chi connectivity index (χ3v) is 2.88. The molecule has 0 bridgehead atoms. The van der Waals surface area contributed by atoms with Gasteiger partial charge in [-0.1, -0.05) is 0 Å². The number of hydrogen-bond donors (Lipinski definition) is 3. The van der Waals surface area contributed by atoms with Crippen molar-refractivity contribution in [2.45, 2.75) is 31.9 Å². The van der Waals surface area contributed by atoms with Gasteiger partial charge in [0.05, 0.1) is 6.10 Å². The van der Waals surface area contributed by atoms with Crippen molar-refractivity contribution in [3.8, 4) is 0 Å². The van der Waals surface area contributed by atoms with Gasteiger partial charge in [0, 0.05) is 23.7 Å². The molecule has 102 valence electrons. The minimum absolute atomic E-state index is 0.0987. The fourth-order valence-electron chi connectivity index (χ4n) is 1.61. The van der Waals surface area contributed by atoms with E-state index >= 15 is 0 Å². The molecule has 0 radical (unpaired) electrons. The molecule has 19 heavy (non-hydrogen) atoms. The lowest BCUT2D eigenvalue weighted by molar-refractivity contribution is 0.0920. The van der Waals surface area contributed by atoms with Gasteiger partial charge in [0.1, 0.15) is 0 Å². The number of carbonyl (C=O) groups excluding carboxylic acids is 2. The van der Waals surface area contributed by atoms with Gasteiger partial charge in [-0.2, -0.15) is 0 Å². The molecule has 1 fully saturated rings. The largest absolute Gasteiger partial charge is 0.392 e. The first-order valence-electron chi connectivity index (χ1n) is 6.43. The van der Waals surface area contributed by atoms with E-state index in [1.54, 1.807) is 31.2 Å². The molecule has 3 N–H and O–H groups in total. The first-order chi connectivity index (χ1) is 9.06. The van der Waals surface area contributed by atoms with Crippen molar-refractivity contribution in [1.29, 1.82) is 0 Å². The zero-order valence-corrected chi connectivity index (χ0v) is 10.8. The molecule has 0 saturated heterocycles. The van der Waals surface area contributed by atoms with E-state index in [2.05, 4.69) is 10.6 Å². The number of aliphatic hydroxyl groups is 1. The van der Waals surface area contributed by atoms with E-state index in [0.29, 0.717) is 17.2 Å². The smallest absolute Gasteiger partial charge is 0.251 e. The highest BCUT2D eigenvalue weighted by Crippen LogP contribution is 2.19. The zero-order chi connectivity index (χ0) is 13.8. The fourth-order valence-corrected chi connectivity index (χ4v) is 1.61. The van der Waals surface area contributed by atoms with Crippen molar-refractivity contribution in [2.75, 3.05) is 6.54 Å². The van der Waals surface area contributed by atoms with Crippen molar-refractivity contribution >= 4 is 11.8 Å². The van der Waals surface area contributed by atoms with Crippen LogP contribution in [0, 0.1) is 0 Å². The number of aliphatic hydroxyl groups excluding tert-OH is 1. The molecule has 1 aliphatic carbocycles. The van der Waals surface area contributed by atoms with Crippen molar-refractivity contribution in [1.82, 2.24) is 10.6 Å². The molecular weight excluding hydrogens is 244 g/mol. The lowest BCUT2D eigenvalue weighted by Gasteiger charge is -2.08. The lowest BCUT2D eigenvalue weighted by atomic mass is 10.1. The zero-order valence-electron chi connectivity index (χ0n) is 10.8. The number of hydrogen-bond acceptors (Lipinski definition) is 3. The fraction of sp³-hybridized carbons (Fsp3) is 0.429. The summed E-state index contributed by atoms with van der Waals surface area (Å²) in [5.41, 5.74) is 1.03. The van der Waals surface area contributed by atoms with Crippen LogP contribution in [0.25, 0.3) is 0 Å². The SMILES string of the molecule is CC(O)CNC(=O)c1ccc(C(=O)NC2CC2)cc1. The van der Waals surface area contributed by atoms with Crippen molar-refractivity contribution in [3.63, 3.8) is 0 Å². The predicted molar refractivity (Wildman–Crippen MR) is 70.9 cm³/mol. The van der Waals surface area contributed by atoms with E-state index in [1.807, 2.05) is 0 Å². The van der Waals surface area contributed by atoms with E-state index in [-0.39, 0.29) is 18.4 Å². The maximum Gasteiger partial charge on any atom is 0.251 e. The molecular formula is C14H18N2O3. The van der Waals surface area contributed by atoms with E-state index in [1.165, 1.54) is 0 Å². The second-order valence-corrected chi connectivity index (χ2v) is 4.88. The molecule has 0 heterocycles. The molecule has 1 aromatic rings. The van der Waals surface area contributed by atoms with Crippen molar-refractivity contribution < 1.29 is 14.7 Å². The second-order valence-electron chi connectivity index (χ2n) is 4.88. The van der Waals surface area contributed by atoms with E-state index in [0.717, 1.165) is 12.8 Å². The summed E-state index contributed by atoms with van der Waals surface area (Å²) in [6.07, 6.45) is 1.52. The van der Waals surface area contributed by atoms with Gasteiger partial charge < -0.3 is 15.7 Å². The third kappa shape index (κ3) is 4.06. The Kier molecular flexibility index (Phi) is 4.16. The van der Waals surface area contributed by atoms with Crippen LogP contribution in [-0.2, 0) is 0 Å². The molecule has 1 aromatic carbocycles. The lowest BCUT2D eigenvalue weighted by Crippen LogP contribution is -2.30. The molecule has 1 aliphatic rings. The van der Waals surface area contributed by atoms with Gasteiger partial charge in [0.15, 0.2) is 0 Å². The standard InChI is InChI=1S/C14H18N2O3/c1-9(17)8-15-13(18)10-2-4-11(5-3-10)14(19)16-12-6-7-12/h2-5,9,12,17H,6-8H2,1H3,(H,15,18)(H,16,19). The highest BCUT2D eigenvalue weighted by Gasteiger charge is 2.23. The first-order valence-corrected chi connectivity index (χ1v) is 6.43. The molecule has 0 aliphatic heterocycles. The van der Waals surface area contributed by atoms with Crippen LogP contribution in [0.5, 0.6) is 0 Å². The number of carbonyl (C=O) groups is 2. The Labute approximate surface area is 112 Å². The Bertz CT molecular complexity index is 464. The summed E-state index contributed by atoms with van der Waals surface area (Å²) >= 11 is 0. The normalized spacial score (nSPS) is 15.7.